The van der Waals surface area contributed by atoms with E-state index in [4.69, 9.17) is 0 Å². The fourth-order valence-corrected chi connectivity index (χ4v) is 3.15. The van der Waals surface area contributed by atoms with E-state index in [9.17, 15) is 31.5 Å². The predicted octanol–water partition coefficient (Wildman–Crippen LogP) is 6.16. The van der Waals surface area contributed by atoms with Crippen LogP contribution in [0.2, 0.25) is 0 Å². The molecule has 0 spiro atoms. The van der Waals surface area contributed by atoms with Gasteiger partial charge in [0.05, 0.1) is 17.7 Å². The molecule has 10 heteroatoms. The van der Waals surface area contributed by atoms with E-state index >= 15 is 0 Å². The van der Waals surface area contributed by atoms with Gasteiger partial charge in [-0.15, -0.1) is 0 Å². The Balaban J connectivity index is 1.66. The minimum atomic E-state index is -4.44. The normalized spacial score (nSPS) is 11.8. The highest BCUT2D eigenvalue weighted by Crippen LogP contribution is 2.29. The molecule has 1 amide bonds. The van der Waals surface area contributed by atoms with E-state index in [1.165, 1.54) is 12.1 Å². The standard InChI is InChI=1S/C25H20F5N3O2/c1-15(31-23-13-22(27)21(26)12-17(23)14-34)33(2)20-9-7-19(8-10-20)32-24(35)11-16-3-5-18(6-4-16)25(28,29)30/h3-10,12-14H,11H2,1-2H3,(H,32,35). The maximum atomic E-state index is 13.6. The molecule has 0 aliphatic carbocycles. The molecule has 0 atom stereocenters. The number of aliphatic imine (C=N–C) groups is 1. The van der Waals surface area contributed by atoms with Crippen LogP contribution in [0.5, 0.6) is 0 Å². The summed E-state index contributed by atoms with van der Waals surface area (Å²) in [5.74, 6) is -2.28. The molecule has 182 valence electrons. The van der Waals surface area contributed by atoms with E-state index < -0.39 is 29.3 Å². The van der Waals surface area contributed by atoms with Crippen LogP contribution in [0.15, 0.2) is 65.7 Å². The van der Waals surface area contributed by atoms with Crippen molar-refractivity contribution in [2.24, 2.45) is 4.99 Å². The Labute approximate surface area is 197 Å². The average molecular weight is 489 g/mol. The largest absolute Gasteiger partial charge is 0.416 e. The summed E-state index contributed by atoms with van der Waals surface area (Å²) in [6, 6.07) is 12.6. The van der Waals surface area contributed by atoms with Gasteiger partial charge >= 0.3 is 6.18 Å². The van der Waals surface area contributed by atoms with Gasteiger partial charge < -0.3 is 10.2 Å². The highest BCUT2D eigenvalue weighted by atomic mass is 19.4. The predicted molar refractivity (Wildman–Crippen MR) is 123 cm³/mol. The van der Waals surface area contributed by atoms with Crippen molar-refractivity contribution >= 4 is 35.1 Å². The monoisotopic (exact) mass is 489 g/mol. The lowest BCUT2D eigenvalue weighted by molar-refractivity contribution is -0.137. The summed E-state index contributed by atoms with van der Waals surface area (Å²) in [5, 5.41) is 2.67. The van der Waals surface area contributed by atoms with Crippen LogP contribution in [0.4, 0.5) is 39.0 Å². The molecule has 3 rings (SSSR count). The van der Waals surface area contributed by atoms with E-state index in [2.05, 4.69) is 10.3 Å². The molecule has 0 aliphatic rings. The van der Waals surface area contributed by atoms with Gasteiger partial charge in [0.2, 0.25) is 5.91 Å². The number of hydrogen-bond donors (Lipinski definition) is 1. The zero-order valence-corrected chi connectivity index (χ0v) is 18.7. The van der Waals surface area contributed by atoms with E-state index in [-0.39, 0.29) is 17.7 Å². The lowest BCUT2D eigenvalue weighted by atomic mass is 10.1. The first-order chi connectivity index (χ1) is 16.5. The number of amides is 1. The number of halogens is 5. The molecule has 0 fully saturated rings. The molecule has 0 unspecified atom stereocenters. The van der Waals surface area contributed by atoms with Crippen molar-refractivity contribution in [2.75, 3.05) is 17.3 Å². The summed E-state index contributed by atoms with van der Waals surface area (Å²) >= 11 is 0. The smallest absolute Gasteiger partial charge is 0.333 e. The summed E-state index contributed by atoms with van der Waals surface area (Å²) in [7, 11) is 1.68. The van der Waals surface area contributed by atoms with Crippen LogP contribution < -0.4 is 10.2 Å². The molecule has 0 heterocycles. The number of alkyl halides is 3. The average Bonchev–Trinajstić information content (AvgIpc) is 2.81. The minimum Gasteiger partial charge on any atom is -0.333 e. The van der Waals surface area contributed by atoms with Crippen molar-refractivity contribution in [2.45, 2.75) is 19.5 Å². The SMILES string of the molecule is CC(=Nc1cc(F)c(F)cc1C=O)N(C)c1ccc(NC(=O)Cc2ccc(C(F)(F)F)cc2)cc1. The highest BCUT2D eigenvalue weighted by molar-refractivity contribution is 5.99. The van der Waals surface area contributed by atoms with E-state index in [1.54, 1.807) is 43.1 Å². The first-order valence-electron chi connectivity index (χ1n) is 10.3. The summed E-state index contributed by atoms with van der Waals surface area (Å²) in [5.41, 5.74) is 0.663. The van der Waals surface area contributed by atoms with Gasteiger partial charge in [-0.2, -0.15) is 13.2 Å². The zero-order valence-electron chi connectivity index (χ0n) is 18.7. The van der Waals surface area contributed by atoms with Gasteiger partial charge in [-0.25, -0.2) is 13.8 Å². The van der Waals surface area contributed by atoms with Gasteiger partial charge in [0.1, 0.15) is 5.84 Å². The van der Waals surface area contributed by atoms with Gasteiger partial charge in [0, 0.05) is 30.1 Å². The van der Waals surface area contributed by atoms with Gasteiger partial charge in [0.25, 0.3) is 0 Å². The van der Waals surface area contributed by atoms with Crippen molar-refractivity contribution in [1.29, 1.82) is 0 Å². The molecule has 0 saturated carbocycles. The lowest BCUT2D eigenvalue weighted by Gasteiger charge is -2.19. The number of carbonyl (C=O) groups is 2. The Morgan fingerprint density at radius 3 is 2.17 bits per heavy atom. The molecule has 0 aliphatic heterocycles. The third-order valence-corrected chi connectivity index (χ3v) is 5.15. The van der Waals surface area contributed by atoms with Crippen molar-refractivity contribution in [3.8, 4) is 0 Å². The quantitative estimate of drug-likeness (QED) is 0.195. The fourth-order valence-electron chi connectivity index (χ4n) is 3.15. The first-order valence-corrected chi connectivity index (χ1v) is 10.3. The molecule has 0 aromatic heterocycles. The van der Waals surface area contributed by atoms with Gasteiger partial charge in [-0.1, -0.05) is 12.1 Å². The second-order valence-electron chi connectivity index (χ2n) is 7.63. The first kappa shape index (κ1) is 25.5. The number of rotatable bonds is 6. The Bertz CT molecular complexity index is 1250. The maximum absolute atomic E-state index is 13.6. The molecular formula is C25H20F5N3O2. The summed E-state index contributed by atoms with van der Waals surface area (Å²) in [4.78, 5) is 29.3. The maximum Gasteiger partial charge on any atom is 0.416 e. The summed E-state index contributed by atoms with van der Waals surface area (Å²) in [6.07, 6.45) is -4.15. The second kappa shape index (κ2) is 10.5. The molecule has 3 aromatic rings. The molecule has 0 saturated heterocycles. The van der Waals surface area contributed by atoms with E-state index in [0.29, 0.717) is 29.1 Å². The number of hydrogen-bond acceptors (Lipinski definition) is 3. The Morgan fingerprint density at radius 2 is 1.60 bits per heavy atom. The number of amidine groups is 1. The molecule has 1 N–H and O–H groups in total. The molecule has 3 aromatic carbocycles. The van der Waals surface area contributed by atoms with E-state index in [1.807, 2.05) is 0 Å². The van der Waals surface area contributed by atoms with Gasteiger partial charge in [-0.05, 0) is 55.0 Å². The van der Waals surface area contributed by atoms with Crippen LogP contribution in [0.3, 0.4) is 0 Å². The third kappa shape index (κ3) is 6.50. The van der Waals surface area contributed by atoms with Crippen molar-refractivity contribution in [3.63, 3.8) is 0 Å². The van der Waals surface area contributed by atoms with Crippen LogP contribution in [-0.4, -0.2) is 25.1 Å². The molecule has 0 radical (unpaired) electrons. The Hall–Kier alpha value is -4.08. The van der Waals surface area contributed by atoms with Crippen molar-refractivity contribution < 1.29 is 31.5 Å². The topological polar surface area (TPSA) is 61.8 Å². The fraction of sp³-hybridized carbons (Fsp3) is 0.160. The molecular weight excluding hydrogens is 469 g/mol. The van der Waals surface area contributed by atoms with E-state index in [0.717, 1.165) is 24.3 Å². The van der Waals surface area contributed by atoms with Gasteiger partial charge in [-0.3, -0.25) is 9.59 Å². The minimum absolute atomic E-state index is 0.0181. The van der Waals surface area contributed by atoms with Crippen molar-refractivity contribution in [1.82, 2.24) is 0 Å². The highest BCUT2D eigenvalue weighted by Gasteiger charge is 2.30. The Morgan fingerprint density at radius 1 is 1.00 bits per heavy atom. The summed E-state index contributed by atoms with van der Waals surface area (Å²) < 4.78 is 64.9. The van der Waals surface area contributed by atoms with Crippen LogP contribution in [0.1, 0.15) is 28.4 Å². The number of aldehydes is 1. The Kier molecular flexibility index (Phi) is 7.63. The number of anilines is 2. The van der Waals surface area contributed by atoms with Crippen LogP contribution in [0, 0.1) is 11.6 Å². The third-order valence-electron chi connectivity index (χ3n) is 5.15. The molecule has 0 bridgehead atoms. The number of nitrogens with zero attached hydrogens (tertiary/aromatic N) is 2. The number of nitrogens with one attached hydrogen (secondary N) is 1. The van der Waals surface area contributed by atoms with Gasteiger partial charge in [0.15, 0.2) is 17.9 Å². The summed E-state index contributed by atoms with van der Waals surface area (Å²) in [6.45, 7) is 1.62. The molecule has 5 nitrogen and oxygen atoms in total. The van der Waals surface area contributed by atoms with Crippen molar-refractivity contribution in [3.05, 3.63) is 89.0 Å². The van der Waals surface area contributed by atoms with Crippen LogP contribution in [0.25, 0.3) is 0 Å². The lowest BCUT2D eigenvalue weighted by Crippen LogP contribution is -2.23. The molecule has 35 heavy (non-hydrogen) atoms. The van der Waals surface area contributed by atoms with Crippen LogP contribution >= 0.6 is 0 Å². The number of carbonyl (C=O) groups excluding carboxylic acids is 2. The zero-order chi connectivity index (χ0) is 25.8. The number of benzene rings is 3. The second-order valence-corrected chi connectivity index (χ2v) is 7.63. The van der Waals surface area contributed by atoms with Crippen LogP contribution in [-0.2, 0) is 17.4 Å².